The van der Waals surface area contributed by atoms with Gasteiger partial charge in [-0.1, -0.05) is 35.9 Å². The van der Waals surface area contributed by atoms with Crippen molar-refractivity contribution in [3.63, 3.8) is 0 Å². The van der Waals surface area contributed by atoms with Crippen molar-refractivity contribution in [3.8, 4) is 11.1 Å². The van der Waals surface area contributed by atoms with E-state index in [0.29, 0.717) is 0 Å². The molecule has 0 amide bonds. The first-order chi connectivity index (χ1) is 9.72. The Kier molecular flexibility index (Phi) is 2.52. The monoisotopic (exact) mass is 268 g/mol. The molecule has 0 unspecified atom stereocenters. The largest absolute Gasteiger partial charge is 0.381 e. The minimum atomic E-state index is -0.101. The second-order valence-electron chi connectivity index (χ2n) is 5.91. The molecule has 0 atom stereocenters. The molecule has 4 rings (SSSR count). The fraction of sp³-hybridized carbons (Fsp3) is 0.333. The van der Waals surface area contributed by atoms with Gasteiger partial charge in [-0.25, -0.2) is 4.39 Å². The van der Waals surface area contributed by atoms with Crippen LogP contribution in [0.5, 0.6) is 0 Å². The van der Waals surface area contributed by atoms with Crippen molar-refractivity contribution in [1.29, 1.82) is 0 Å². The van der Waals surface area contributed by atoms with E-state index in [4.69, 9.17) is 4.74 Å². The molecule has 1 spiro atoms. The van der Waals surface area contributed by atoms with Gasteiger partial charge in [0.2, 0.25) is 0 Å². The van der Waals surface area contributed by atoms with E-state index < -0.39 is 0 Å². The Bertz CT molecular complexity index is 684. The summed E-state index contributed by atoms with van der Waals surface area (Å²) in [4.78, 5) is 0. The van der Waals surface area contributed by atoms with Crippen molar-refractivity contribution >= 4 is 0 Å². The van der Waals surface area contributed by atoms with E-state index in [9.17, 15) is 4.39 Å². The van der Waals surface area contributed by atoms with Gasteiger partial charge in [0.05, 0.1) is 0 Å². The summed E-state index contributed by atoms with van der Waals surface area (Å²) in [6, 6.07) is 11.9. The van der Waals surface area contributed by atoms with E-state index in [1.807, 2.05) is 6.07 Å². The molecular formula is C18H17FO. The number of rotatable bonds is 0. The molecule has 0 bridgehead atoms. The SMILES string of the molecule is Cc1ccc2c(c1)C1(CCOCC1)c1cccc(F)c1-2. The molecule has 1 heterocycles. The van der Waals surface area contributed by atoms with Crippen LogP contribution in [0.3, 0.4) is 0 Å². The summed E-state index contributed by atoms with van der Waals surface area (Å²) >= 11 is 0. The fourth-order valence-electron chi connectivity index (χ4n) is 3.87. The molecule has 0 aromatic heterocycles. The molecule has 2 heteroatoms. The summed E-state index contributed by atoms with van der Waals surface area (Å²) < 4.78 is 19.9. The zero-order chi connectivity index (χ0) is 13.7. The predicted octanol–water partition coefficient (Wildman–Crippen LogP) is 4.21. The summed E-state index contributed by atoms with van der Waals surface area (Å²) in [5.41, 5.74) is 5.52. The molecule has 2 aliphatic rings. The van der Waals surface area contributed by atoms with Gasteiger partial charge in [0.25, 0.3) is 0 Å². The molecule has 20 heavy (non-hydrogen) atoms. The number of hydrogen-bond donors (Lipinski definition) is 0. The van der Waals surface area contributed by atoms with Crippen molar-refractivity contribution in [3.05, 3.63) is 58.9 Å². The average molecular weight is 268 g/mol. The standard InChI is InChI=1S/C18H17FO/c1-12-5-6-13-15(11-12)18(7-9-20-10-8-18)14-3-2-4-16(19)17(13)14/h2-6,11H,7-10H2,1H3. The number of fused-ring (bicyclic) bond motifs is 5. The van der Waals surface area contributed by atoms with Crippen molar-refractivity contribution in [2.45, 2.75) is 25.2 Å². The van der Waals surface area contributed by atoms with Crippen LogP contribution in [0.15, 0.2) is 36.4 Å². The van der Waals surface area contributed by atoms with Crippen LogP contribution in [-0.4, -0.2) is 13.2 Å². The van der Waals surface area contributed by atoms with Gasteiger partial charge in [-0.15, -0.1) is 0 Å². The predicted molar refractivity (Wildman–Crippen MR) is 77.4 cm³/mol. The van der Waals surface area contributed by atoms with Gasteiger partial charge in [0.1, 0.15) is 5.82 Å². The summed E-state index contributed by atoms with van der Waals surface area (Å²) in [5, 5.41) is 0. The first kappa shape index (κ1) is 12.1. The van der Waals surface area contributed by atoms with Crippen LogP contribution >= 0.6 is 0 Å². The number of ether oxygens (including phenoxy) is 1. The summed E-state index contributed by atoms with van der Waals surface area (Å²) in [6.07, 6.45) is 1.89. The zero-order valence-corrected chi connectivity index (χ0v) is 11.6. The van der Waals surface area contributed by atoms with E-state index >= 15 is 0 Å². The lowest BCUT2D eigenvalue weighted by Crippen LogP contribution is -2.33. The maximum Gasteiger partial charge on any atom is 0.131 e. The second kappa shape index (κ2) is 4.16. The highest BCUT2D eigenvalue weighted by Gasteiger charge is 2.45. The normalized spacial score (nSPS) is 18.9. The third-order valence-electron chi connectivity index (χ3n) is 4.84. The Balaban J connectivity index is 2.06. The summed E-state index contributed by atoms with van der Waals surface area (Å²) in [5.74, 6) is -0.101. The Morgan fingerprint density at radius 2 is 1.85 bits per heavy atom. The highest BCUT2D eigenvalue weighted by atomic mass is 19.1. The fourth-order valence-corrected chi connectivity index (χ4v) is 3.87. The highest BCUT2D eigenvalue weighted by molar-refractivity contribution is 5.81. The Hall–Kier alpha value is -1.67. The summed E-state index contributed by atoms with van der Waals surface area (Å²) in [7, 11) is 0. The van der Waals surface area contributed by atoms with Crippen LogP contribution in [0.1, 0.15) is 29.5 Å². The lowest BCUT2D eigenvalue weighted by atomic mass is 9.72. The lowest BCUT2D eigenvalue weighted by molar-refractivity contribution is 0.0643. The first-order valence-electron chi connectivity index (χ1n) is 7.21. The van der Waals surface area contributed by atoms with Gasteiger partial charge in [0.15, 0.2) is 0 Å². The molecule has 0 saturated carbocycles. The van der Waals surface area contributed by atoms with E-state index in [-0.39, 0.29) is 11.2 Å². The van der Waals surface area contributed by atoms with Crippen molar-refractivity contribution in [1.82, 2.24) is 0 Å². The molecule has 1 saturated heterocycles. The van der Waals surface area contributed by atoms with Gasteiger partial charge < -0.3 is 4.74 Å². The van der Waals surface area contributed by atoms with Gasteiger partial charge in [-0.2, -0.15) is 0 Å². The minimum Gasteiger partial charge on any atom is -0.381 e. The quantitative estimate of drug-likeness (QED) is 0.695. The molecular weight excluding hydrogens is 251 g/mol. The molecule has 1 nitrogen and oxygen atoms in total. The molecule has 0 radical (unpaired) electrons. The maximum absolute atomic E-state index is 14.4. The van der Waals surface area contributed by atoms with Crippen LogP contribution in [0, 0.1) is 12.7 Å². The second-order valence-corrected chi connectivity index (χ2v) is 5.91. The number of hydrogen-bond acceptors (Lipinski definition) is 1. The van der Waals surface area contributed by atoms with Gasteiger partial charge in [-0.05, 0) is 42.5 Å². The number of benzene rings is 2. The molecule has 2 aromatic rings. The average Bonchev–Trinajstić information content (AvgIpc) is 2.72. The third-order valence-corrected chi connectivity index (χ3v) is 4.84. The van der Waals surface area contributed by atoms with Crippen LogP contribution in [-0.2, 0) is 10.2 Å². The third kappa shape index (κ3) is 1.46. The van der Waals surface area contributed by atoms with E-state index in [0.717, 1.165) is 42.7 Å². The highest BCUT2D eigenvalue weighted by Crippen LogP contribution is 2.54. The van der Waals surface area contributed by atoms with Crippen LogP contribution in [0.4, 0.5) is 4.39 Å². The van der Waals surface area contributed by atoms with Crippen LogP contribution in [0.2, 0.25) is 0 Å². The van der Waals surface area contributed by atoms with E-state index in [1.165, 1.54) is 11.1 Å². The first-order valence-corrected chi connectivity index (χ1v) is 7.21. The zero-order valence-electron chi connectivity index (χ0n) is 11.6. The molecule has 2 aromatic carbocycles. The van der Waals surface area contributed by atoms with Crippen molar-refractivity contribution < 1.29 is 9.13 Å². The molecule has 0 N–H and O–H groups in total. The molecule has 1 fully saturated rings. The van der Waals surface area contributed by atoms with Crippen molar-refractivity contribution in [2.24, 2.45) is 0 Å². The van der Waals surface area contributed by atoms with E-state index in [1.54, 1.807) is 6.07 Å². The van der Waals surface area contributed by atoms with Gasteiger partial charge in [0, 0.05) is 24.2 Å². The van der Waals surface area contributed by atoms with Crippen LogP contribution < -0.4 is 0 Å². The van der Waals surface area contributed by atoms with Gasteiger partial charge in [-0.3, -0.25) is 0 Å². The molecule has 102 valence electrons. The number of halogens is 1. The number of aryl methyl sites for hydroxylation is 1. The Morgan fingerprint density at radius 3 is 2.65 bits per heavy atom. The Morgan fingerprint density at radius 1 is 1.05 bits per heavy atom. The lowest BCUT2D eigenvalue weighted by Gasteiger charge is -2.35. The smallest absolute Gasteiger partial charge is 0.131 e. The maximum atomic E-state index is 14.4. The molecule has 1 aliphatic heterocycles. The van der Waals surface area contributed by atoms with Crippen LogP contribution in [0.25, 0.3) is 11.1 Å². The summed E-state index contributed by atoms with van der Waals surface area (Å²) in [6.45, 7) is 3.61. The molecule has 1 aliphatic carbocycles. The minimum absolute atomic E-state index is 0.0446. The van der Waals surface area contributed by atoms with Gasteiger partial charge >= 0.3 is 0 Å². The van der Waals surface area contributed by atoms with E-state index in [2.05, 4.69) is 31.2 Å². The van der Waals surface area contributed by atoms with Crippen molar-refractivity contribution in [2.75, 3.05) is 13.2 Å². The Labute approximate surface area is 118 Å². The topological polar surface area (TPSA) is 9.23 Å².